The predicted molar refractivity (Wildman–Crippen MR) is 125 cm³/mol. The van der Waals surface area contributed by atoms with E-state index in [2.05, 4.69) is 16.9 Å². The number of ether oxygens (including phenoxy) is 1. The van der Waals surface area contributed by atoms with Crippen LogP contribution in [0, 0.1) is 0 Å². The Labute approximate surface area is 190 Å². The van der Waals surface area contributed by atoms with E-state index in [0.717, 1.165) is 39.9 Å². The topological polar surface area (TPSA) is 77.2 Å². The Hall–Kier alpha value is -2.55. The van der Waals surface area contributed by atoms with Crippen molar-refractivity contribution in [3.8, 4) is 11.5 Å². The molecule has 0 bridgehead atoms. The maximum absolute atomic E-state index is 6.32. The molecule has 6 nitrogen and oxygen atoms in total. The van der Waals surface area contributed by atoms with Crippen LogP contribution in [0.15, 0.2) is 69.9 Å². The van der Waals surface area contributed by atoms with Crippen molar-refractivity contribution in [3.63, 3.8) is 0 Å². The van der Waals surface area contributed by atoms with Gasteiger partial charge in [-0.3, -0.25) is 0 Å². The Morgan fingerprint density at radius 1 is 1.19 bits per heavy atom. The number of nitrogens with two attached hydrogens (primary N) is 1. The first-order valence-corrected chi connectivity index (χ1v) is 12.0. The van der Waals surface area contributed by atoms with Gasteiger partial charge in [-0.15, -0.1) is 0 Å². The van der Waals surface area contributed by atoms with Gasteiger partial charge in [0.15, 0.2) is 11.6 Å². The first-order chi connectivity index (χ1) is 15.1. The Morgan fingerprint density at radius 2 is 2.03 bits per heavy atom. The SMILES string of the molecule is CC1=CSC(N)N1c1ncc(Sc2ncnc3c2C(C)CC3)cc1Oc1ccccc1. The Kier molecular flexibility index (Phi) is 5.60. The molecule has 1 aliphatic heterocycles. The highest BCUT2D eigenvalue weighted by atomic mass is 32.2. The number of pyridine rings is 1. The minimum Gasteiger partial charge on any atom is -0.453 e. The molecule has 2 unspecified atom stereocenters. The molecular formula is C23H23N5OS2. The summed E-state index contributed by atoms with van der Waals surface area (Å²) in [4.78, 5) is 16.8. The van der Waals surface area contributed by atoms with E-state index in [1.54, 1.807) is 29.9 Å². The van der Waals surface area contributed by atoms with Gasteiger partial charge in [0, 0.05) is 34.1 Å². The molecule has 0 fully saturated rings. The molecule has 2 N–H and O–H groups in total. The van der Waals surface area contributed by atoms with Gasteiger partial charge in [-0.2, -0.15) is 0 Å². The molecule has 158 valence electrons. The number of hydrogen-bond acceptors (Lipinski definition) is 8. The molecule has 0 radical (unpaired) electrons. The van der Waals surface area contributed by atoms with Crippen LogP contribution in [-0.4, -0.2) is 20.4 Å². The fraction of sp³-hybridized carbons (Fsp3) is 0.261. The molecule has 0 amide bonds. The molecule has 0 spiro atoms. The number of rotatable bonds is 5. The summed E-state index contributed by atoms with van der Waals surface area (Å²) in [7, 11) is 0. The van der Waals surface area contributed by atoms with Gasteiger partial charge in [0.25, 0.3) is 0 Å². The zero-order chi connectivity index (χ0) is 21.4. The number of para-hydroxylation sites is 1. The van der Waals surface area contributed by atoms with E-state index in [-0.39, 0.29) is 5.50 Å². The molecule has 2 aromatic heterocycles. The second kappa shape index (κ2) is 8.53. The summed E-state index contributed by atoms with van der Waals surface area (Å²) in [5.41, 5.74) is 9.57. The van der Waals surface area contributed by atoms with E-state index in [4.69, 9.17) is 15.5 Å². The van der Waals surface area contributed by atoms with Gasteiger partial charge >= 0.3 is 0 Å². The molecule has 2 aliphatic rings. The van der Waals surface area contributed by atoms with Gasteiger partial charge < -0.3 is 15.4 Å². The van der Waals surface area contributed by atoms with Crippen molar-refractivity contribution in [3.05, 3.63) is 71.3 Å². The lowest BCUT2D eigenvalue weighted by atomic mass is 10.1. The van der Waals surface area contributed by atoms with Crippen LogP contribution < -0.4 is 15.4 Å². The summed E-state index contributed by atoms with van der Waals surface area (Å²) in [6.07, 6.45) is 5.67. The summed E-state index contributed by atoms with van der Waals surface area (Å²) in [5, 5.41) is 3.05. The second-order valence-electron chi connectivity index (χ2n) is 7.64. The molecule has 5 rings (SSSR count). The van der Waals surface area contributed by atoms with Crippen LogP contribution >= 0.6 is 23.5 Å². The first-order valence-electron chi connectivity index (χ1n) is 10.2. The fourth-order valence-electron chi connectivity index (χ4n) is 3.92. The quantitative estimate of drug-likeness (QED) is 0.510. The lowest BCUT2D eigenvalue weighted by Gasteiger charge is -2.26. The van der Waals surface area contributed by atoms with Gasteiger partial charge in [-0.1, -0.05) is 48.6 Å². The normalized spacial score (nSPS) is 20.0. The van der Waals surface area contributed by atoms with Crippen molar-refractivity contribution in [2.45, 2.75) is 48.0 Å². The van der Waals surface area contributed by atoms with Crippen LogP contribution in [0.4, 0.5) is 5.82 Å². The van der Waals surface area contributed by atoms with E-state index in [1.807, 2.05) is 59.8 Å². The first kappa shape index (κ1) is 20.4. The number of allylic oxidation sites excluding steroid dienone is 1. The second-order valence-corrected chi connectivity index (χ2v) is 9.70. The smallest absolute Gasteiger partial charge is 0.178 e. The molecular weight excluding hydrogens is 426 g/mol. The average Bonchev–Trinajstić information content (AvgIpc) is 3.32. The van der Waals surface area contributed by atoms with Crippen LogP contribution in [0.3, 0.4) is 0 Å². The van der Waals surface area contributed by atoms with Gasteiger partial charge in [0.1, 0.15) is 22.6 Å². The van der Waals surface area contributed by atoms with Crippen LogP contribution in [0.2, 0.25) is 0 Å². The highest BCUT2D eigenvalue weighted by Gasteiger charge is 2.28. The number of hydrogen-bond donors (Lipinski definition) is 1. The number of fused-ring (bicyclic) bond motifs is 1. The molecule has 1 aromatic carbocycles. The lowest BCUT2D eigenvalue weighted by Crippen LogP contribution is -2.35. The summed E-state index contributed by atoms with van der Waals surface area (Å²) in [6.45, 7) is 4.27. The molecule has 1 aliphatic carbocycles. The van der Waals surface area contributed by atoms with Crippen LogP contribution in [0.1, 0.15) is 37.4 Å². The monoisotopic (exact) mass is 449 g/mol. The maximum Gasteiger partial charge on any atom is 0.178 e. The fourth-order valence-corrected chi connectivity index (χ4v) is 5.78. The third-order valence-electron chi connectivity index (χ3n) is 5.47. The Morgan fingerprint density at radius 3 is 2.81 bits per heavy atom. The van der Waals surface area contributed by atoms with Crippen LogP contribution in [-0.2, 0) is 6.42 Å². The van der Waals surface area contributed by atoms with E-state index in [1.165, 1.54) is 5.56 Å². The molecule has 3 heterocycles. The maximum atomic E-state index is 6.32. The van der Waals surface area contributed by atoms with E-state index < -0.39 is 0 Å². The molecule has 0 saturated heterocycles. The van der Waals surface area contributed by atoms with Gasteiger partial charge in [0.2, 0.25) is 0 Å². The summed E-state index contributed by atoms with van der Waals surface area (Å²) < 4.78 is 6.27. The average molecular weight is 450 g/mol. The third kappa shape index (κ3) is 4.03. The van der Waals surface area contributed by atoms with Crippen LogP contribution in [0.5, 0.6) is 11.5 Å². The summed E-state index contributed by atoms with van der Waals surface area (Å²) in [5.74, 6) is 2.60. The highest BCUT2D eigenvalue weighted by molar-refractivity contribution is 8.03. The van der Waals surface area contributed by atoms with Crippen molar-refractivity contribution in [1.82, 2.24) is 15.0 Å². The Balaban J connectivity index is 1.52. The summed E-state index contributed by atoms with van der Waals surface area (Å²) in [6, 6.07) is 11.8. The predicted octanol–water partition coefficient (Wildman–Crippen LogP) is 5.52. The minimum absolute atomic E-state index is 0.227. The number of aryl methyl sites for hydroxylation is 1. The molecule has 8 heteroatoms. The van der Waals surface area contributed by atoms with Crippen molar-refractivity contribution in [2.75, 3.05) is 4.90 Å². The standard InChI is InChI=1S/C23H23N5OS2/c1-14-8-9-18-20(14)22(27-13-26-18)31-17-10-19(29-16-6-4-3-5-7-16)21(25-11-17)28-15(2)12-30-23(28)24/h3-7,10-14,23H,8-9,24H2,1-2H3. The van der Waals surface area contributed by atoms with Crippen molar-refractivity contribution >= 4 is 29.3 Å². The van der Waals surface area contributed by atoms with Crippen molar-refractivity contribution in [1.29, 1.82) is 0 Å². The van der Waals surface area contributed by atoms with Crippen molar-refractivity contribution < 1.29 is 4.74 Å². The molecule has 31 heavy (non-hydrogen) atoms. The largest absolute Gasteiger partial charge is 0.453 e. The zero-order valence-electron chi connectivity index (χ0n) is 17.4. The zero-order valence-corrected chi connectivity index (χ0v) is 19.0. The van der Waals surface area contributed by atoms with Gasteiger partial charge in [-0.05, 0) is 43.2 Å². The number of aromatic nitrogens is 3. The van der Waals surface area contributed by atoms with Crippen LogP contribution in [0.25, 0.3) is 0 Å². The minimum atomic E-state index is -0.227. The number of nitrogens with zero attached hydrogens (tertiary/aromatic N) is 4. The number of benzene rings is 1. The van der Waals surface area contributed by atoms with E-state index >= 15 is 0 Å². The Bertz CT molecular complexity index is 1140. The third-order valence-corrected chi connectivity index (χ3v) is 7.42. The molecule has 3 aromatic rings. The molecule has 2 atom stereocenters. The highest BCUT2D eigenvalue weighted by Crippen LogP contribution is 2.43. The number of anilines is 1. The van der Waals surface area contributed by atoms with E-state index in [9.17, 15) is 0 Å². The lowest BCUT2D eigenvalue weighted by molar-refractivity contribution is 0.478. The van der Waals surface area contributed by atoms with Gasteiger partial charge in [0.05, 0.1) is 0 Å². The van der Waals surface area contributed by atoms with E-state index in [0.29, 0.717) is 17.5 Å². The molecule has 0 saturated carbocycles. The van der Waals surface area contributed by atoms with Gasteiger partial charge in [-0.25, -0.2) is 15.0 Å². The van der Waals surface area contributed by atoms with Crippen molar-refractivity contribution in [2.24, 2.45) is 5.73 Å². The number of thioether (sulfide) groups is 1. The summed E-state index contributed by atoms with van der Waals surface area (Å²) >= 11 is 3.18.